The Labute approximate surface area is 132 Å². The molecule has 122 valence electrons. The molecular formula is C19H27FO2. The molecular weight excluding hydrogens is 279 g/mol. The van der Waals surface area contributed by atoms with Gasteiger partial charge in [-0.15, -0.1) is 0 Å². The molecule has 0 unspecified atom stereocenters. The summed E-state index contributed by atoms with van der Waals surface area (Å²) in [5.41, 5.74) is 1.07. The zero-order valence-corrected chi connectivity index (χ0v) is 13.7. The number of hydrogen-bond donors (Lipinski definition) is 1. The fourth-order valence-electron chi connectivity index (χ4n) is 6.38. The van der Waals surface area contributed by atoms with Crippen LogP contribution in [0.2, 0.25) is 0 Å². The van der Waals surface area contributed by atoms with Crippen molar-refractivity contribution in [3.05, 3.63) is 11.6 Å². The van der Waals surface area contributed by atoms with E-state index in [0.29, 0.717) is 23.5 Å². The lowest BCUT2D eigenvalue weighted by molar-refractivity contribution is -0.139. The van der Waals surface area contributed by atoms with E-state index in [1.165, 1.54) is 0 Å². The van der Waals surface area contributed by atoms with Crippen molar-refractivity contribution < 1.29 is 14.3 Å². The summed E-state index contributed by atoms with van der Waals surface area (Å²) in [5, 5.41) is 9.80. The molecule has 4 aliphatic carbocycles. The first-order chi connectivity index (χ1) is 10.3. The first kappa shape index (κ1) is 14.9. The Bertz CT molecular complexity index is 552. The Hall–Kier alpha value is -0.700. The van der Waals surface area contributed by atoms with Gasteiger partial charge in [0, 0.05) is 24.7 Å². The zero-order valence-electron chi connectivity index (χ0n) is 13.7. The molecule has 0 aromatic heterocycles. The van der Waals surface area contributed by atoms with Gasteiger partial charge in [0.25, 0.3) is 0 Å². The maximum absolute atomic E-state index is 14.0. The van der Waals surface area contributed by atoms with E-state index in [1.54, 1.807) is 0 Å². The normalized spacial score (nSPS) is 54.3. The van der Waals surface area contributed by atoms with E-state index in [1.807, 2.05) is 0 Å². The molecule has 0 aliphatic heterocycles. The number of alkyl halides is 1. The zero-order chi connectivity index (χ0) is 15.8. The predicted octanol–water partition coefficient (Wildman–Crippen LogP) is 4.18. The average molecular weight is 306 g/mol. The largest absolute Gasteiger partial charge is 0.361 e. The van der Waals surface area contributed by atoms with Gasteiger partial charge in [-0.05, 0) is 55.3 Å². The molecule has 3 heteroatoms. The second kappa shape index (κ2) is 4.43. The van der Waals surface area contributed by atoms with E-state index in [-0.39, 0.29) is 23.7 Å². The lowest BCUT2D eigenvalue weighted by Gasteiger charge is -2.57. The molecule has 1 N–H and O–H groups in total. The summed E-state index contributed by atoms with van der Waals surface area (Å²) in [5.74, 6) is 0.111. The Balaban J connectivity index is 1.69. The fraction of sp³-hybridized carbons (Fsp3) is 0.842. The molecule has 0 bridgehead atoms. The summed E-state index contributed by atoms with van der Waals surface area (Å²) in [4.78, 5) is 12.4. The van der Waals surface area contributed by atoms with Gasteiger partial charge in [-0.3, -0.25) is 4.79 Å². The highest BCUT2D eigenvalue weighted by atomic mass is 19.2. The van der Waals surface area contributed by atoms with E-state index in [4.69, 9.17) is 0 Å². The first-order valence-corrected chi connectivity index (χ1v) is 8.90. The molecule has 0 saturated heterocycles. The number of carbonyl (C=O) groups is 1. The highest BCUT2D eigenvalue weighted by molar-refractivity contribution is 5.87. The minimum atomic E-state index is -2.01. The summed E-state index contributed by atoms with van der Waals surface area (Å²) < 4.78 is 14.0. The van der Waals surface area contributed by atoms with Gasteiger partial charge in [0.05, 0.1) is 0 Å². The van der Waals surface area contributed by atoms with E-state index in [9.17, 15) is 14.3 Å². The number of carbonyl (C=O) groups excluding carboxylic acids is 1. The van der Waals surface area contributed by atoms with Crippen molar-refractivity contribution in [3.63, 3.8) is 0 Å². The molecule has 0 amide bonds. The minimum Gasteiger partial charge on any atom is -0.361 e. The average Bonchev–Trinajstić information content (AvgIpc) is 2.76. The van der Waals surface area contributed by atoms with Crippen LogP contribution in [-0.4, -0.2) is 16.7 Å². The van der Waals surface area contributed by atoms with Crippen LogP contribution in [0.4, 0.5) is 4.39 Å². The molecule has 0 radical (unpaired) electrons. The lowest BCUT2D eigenvalue weighted by Crippen LogP contribution is -2.51. The van der Waals surface area contributed by atoms with Crippen molar-refractivity contribution in [2.75, 3.05) is 0 Å². The van der Waals surface area contributed by atoms with Crippen LogP contribution in [0.1, 0.15) is 65.2 Å². The molecule has 3 saturated carbocycles. The summed E-state index contributed by atoms with van der Waals surface area (Å²) in [6.45, 7) is 4.47. The number of fused-ring (bicyclic) bond motifs is 5. The molecule has 0 aromatic rings. The van der Waals surface area contributed by atoms with Gasteiger partial charge >= 0.3 is 0 Å². The Kier molecular flexibility index (Phi) is 3.00. The Morgan fingerprint density at radius 3 is 2.64 bits per heavy atom. The standard InChI is InChI=1S/C19H27FO2/c1-17-9-10-19(20,22)11-12(17)3-4-13-14-5-6-16(21)18(14,2)8-7-15(13)17/h3,13-15,22H,4-11H2,1-2H3/t13-,14-,15-,17-,18-,19+/m0/s1. The first-order valence-electron chi connectivity index (χ1n) is 8.90. The van der Waals surface area contributed by atoms with Crippen molar-refractivity contribution in [3.8, 4) is 0 Å². The maximum atomic E-state index is 14.0. The third-order valence-corrected chi connectivity index (χ3v) is 7.82. The minimum absolute atomic E-state index is 0.0359. The van der Waals surface area contributed by atoms with Crippen LogP contribution < -0.4 is 0 Å². The lowest BCUT2D eigenvalue weighted by atomic mass is 9.48. The SMILES string of the molecule is C[C@]12CC[C@](O)(F)CC1=CC[C@@H]1[C@@H]2CC[C@]2(C)C(=O)CC[C@@H]12. The smallest absolute Gasteiger partial charge is 0.210 e. The maximum Gasteiger partial charge on any atom is 0.210 e. The van der Waals surface area contributed by atoms with Crippen molar-refractivity contribution in [2.45, 2.75) is 71.1 Å². The highest BCUT2D eigenvalue weighted by Crippen LogP contribution is 2.64. The molecule has 4 aliphatic rings. The number of allylic oxidation sites excluding steroid dienone is 1. The quantitative estimate of drug-likeness (QED) is 0.682. The van der Waals surface area contributed by atoms with Gasteiger partial charge in [0.2, 0.25) is 5.85 Å². The van der Waals surface area contributed by atoms with Crippen LogP contribution in [0.15, 0.2) is 11.6 Å². The molecule has 0 spiro atoms. The van der Waals surface area contributed by atoms with Crippen LogP contribution in [0, 0.1) is 28.6 Å². The third-order valence-electron chi connectivity index (χ3n) is 7.82. The highest BCUT2D eigenvalue weighted by Gasteiger charge is 2.59. The van der Waals surface area contributed by atoms with Gasteiger partial charge < -0.3 is 5.11 Å². The van der Waals surface area contributed by atoms with Gasteiger partial charge in [0.1, 0.15) is 5.78 Å². The van der Waals surface area contributed by atoms with Crippen LogP contribution in [0.25, 0.3) is 0 Å². The van der Waals surface area contributed by atoms with E-state index in [0.717, 1.165) is 44.1 Å². The second-order valence-electron chi connectivity index (χ2n) is 8.77. The van der Waals surface area contributed by atoms with Crippen LogP contribution in [-0.2, 0) is 4.79 Å². The molecule has 0 aromatic carbocycles. The van der Waals surface area contributed by atoms with Crippen LogP contribution >= 0.6 is 0 Å². The monoisotopic (exact) mass is 306 g/mol. The van der Waals surface area contributed by atoms with E-state index in [2.05, 4.69) is 19.9 Å². The van der Waals surface area contributed by atoms with Crippen molar-refractivity contribution in [1.82, 2.24) is 0 Å². The summed E-state index contributed by atoms with van der Waals surface area (Å²) in [7, 11) is 0. The van der Waals surface area contributed by atoms with Crippen molar-refractivity contribution in [1.29, 1.82) is 0 Å². The number of Topliss-reactive ketones (excluding diaryl/α,β-unsaturated/α-hetero) is 1. The van der Waals surface area contributed by atoms with E-state index < -0.39 is 5.85 Å². The van der Waals surface area contributed by atoms with Crippen molar-refractivity contribution >= 4 is 5.78 Å². The third kappa shape index (κ3) is 1.84. The summed E-state index contributed by atoms with van der Waals surface area (Å²) >= 11 is 0. The van der Waals surface area contributed by atoms with Gasteiger partial charge in [-0.2, -0.15) is 0 Å². The van der Waals surface area contributed by atoms with Crippen LogP contribution in [0.5, 0.6) is 0 Å². The molecule has 6 atom stereocenters. The number of halogens is 1. The van der Waals surface area contributed by atoms with Gasteiger partial charge in [0.15, 0.2) is 0 Å². The number of rotatable bonds is 0. The number of ketones is 1. The molecule has 2 nitrogen and oxygen atoms in total. The van der Waals surface area contributed by atoms with Gasteiger partial charge in [-0.1, -0.05) is 25.5 Å². The number of hydrogen-bond acceptors (Lipinski definition) is 2. The topological polar surface area (TPSA) is 37.3 Å². The second-order valence-corrected chi connectivity index (χ2v) is 8.77. The van der Waals surface area contributed by atoms with E-state index >= 15 is 0 Å². The fourth-order valence-corrected chi connectivity index (χ4v) is 6.38. The summed E-state index contributed by atoms with van der Waals surface area (Å²) in [6, 6.07) is 0. The molecule has 3 fully saturated rings. The molecule has 4 rings (SSSR count). The Morgan fingerprint density at radius 1 is 1.14 bits per heavy atom. The summed E-state index contributed by atoms with van der Waals surface area (Å²) in [6.07, 6.45) is 8.24. The van der Waals surface area contributed by atoms with Crippen molar-refractivity contribution in [2.24, 2.45) is 28.6 Å². The predicted molar refractivity (Wildman–Crippen MR) is 82.8 cm³/mol. The number of aliphatic hydroxyl groups is 1. The van der Waals surface area contributed by atoms with Crippen LogP contribution in [0.3, 0.4) is 0 Å². The molecule has 0 heterocycles. The van der Waals surface area contributed by atoms with Gasteiger partial charge in [-0.25, -0.2) is 4.39 Å². The molecule has 22 heavy (non-hydrogen) atoms. The Morgan fingerprint density at radius 2 is 1.86 bits per heavy atom.